The van der Waals surface area contributed by atoms with Crippen LogP contribution in [-0.4, -0.2) is 21.1 Å². The molecular formula is C16H17F3N2O2S. The van der Waals surface area contributed by atoms with E-state index >= 15 is 0 Å². The maximum absolute atomic E-state index is 14.5. The van der Waals surface area contributed by atoms with E-state index in [-0.39, 0.29) is 16.5 Å². The molecule has 0 saturated heterocycles. The molecule has 1 fully saturated rings. The molecule has 0 aromatic heterocycles. The van der Waals surface area contributed by atoms with Crippen molar-refractivity contribution in [3.8, 4) is 0 Å². The predicted molar refractivity (Wildman–Crippen MR) is 87.2 cm³/mol. The van der Waals surface area contributed by atoms with E-state index in [9.17, 15) is 23.3 Å². The fourth-order valence-electron chi connectivity index (χ4n) is 4.05. The molecule has 4 nitrogen and oxygen atoms in total. The molecule has 1 heterocycles. The summed E-state index contributed by atoms with van der Waals surface area (Å²) in [4.78, 5) is 15.0. The zero-order valence-electron chi connectivity index (χ0n) is 13.5. The van der Waals surface area contributed by atoms with E-state index in [0.717, 1.165) is 18.2 Å². The number of benzene rings is 1. The van der Waals surface area contributed by atoms with Gasteiger partial charge in [-0.2, -0.15) is 0 Å². The van der Waals surface area contributed by atoms with Crippen LogP contribution in [0.1, 0.15) is 39.2 Å². The highest BCUT2D eigenvalue weighted by Gasteiger charge is 2.69. The quantitative estimate of drug-likeness (QED) is 0.557. The van der Waals surface area contributed by atoms with Crippen molar-refractivity contribution < 1.29 is 18.1 Å². The SMILES string of the molecule is CC1=N[C@](C)(c2cc([N+](=O)[O-])ccc2F)C2(CC(F)(F)C2)[C@@H](C)S1. The minimum absolute atomic E-state index is 0.0127. The number of hydrogen-bond donors (Lipinski definition) is 0. The van der Waals surface area contributed by atoms with Crippen LogP contribution in [0.5, 0.6) is 0 Å². The molecule has 0 amide bonds. The lowest BCUT2D eigenvalue weighted by Crippen LogP contribution is -2.62. The second-order valence-electron chi connectivity index (χ2n) is 6.75. The van der Waals surface area contributed by atoms with Gasteiger partial charge in [0.05, 0.1) is 15.5 Å². The third kappa shape index (κ3) is 2.34. The summed E-state index contributed by atoms with van der Waals surface area (Å²) >= 11 is 1.40. The second kappa shape index (κ2) is 5.21. The Labute approximate surface area is 141 Å². The highest BCUT2D eigenvalue weighted by atomic mass is 32.2. The first-order valence-corrected chi connectivity index (χ1v) is 8.44. The third-order valence-electron chi connectivity index (χ3n) is 5.31. The molecule has 1 aliphatic heterocycles. The van der Waals surface area contributed by atoms with E-state index in [1.54, 1.807) is 13.8 Å². The molecule has 24 heavy (non-hydrogen) atoms. The fraction of sp³-hybridized carbons (Fsp3) is 0.562. The zero-order valence-corrected chi connectivity index (χ0v) is 14.3. The topological polar surface area (TPSA) is 55.5 Å². The first kappa shape index (κ1) is 17.3. The van der Waals surface area contributed by atoms with Gasteiger partial charge in [-0.05, 0) is 19.9 Å². The predicted octanol–water partition coefficient (Wildman–Crippen LogP) is 4.92. The number of hydrogen-bond acceptors (Lipinski definition) is 4. The Hall–Kier alpha value is -1.57. The molecular weight excluding hydrogens is 341 g/mol. The Kier molecular flexibility index (Phi) is 3.75. The molecule has 0 N–H and O–H groups in total. The Bertz CT molecular complexity index is 745. The minimum atomic E-state index is -2.81. The van der Waals surface area contributed by atoms with E-state index < -0.39 is 40.5 Å². The standard InChI is InChI=1S/C16H17F3N2O2S/c1-9-15(7-16(18,19)8-15)14(3,20-10(2)24-9)12-6-11(21(22)23)4-5-13(12)17/h4-6,9H,7-8H2,1-3H3/t9-,14-/m1/s1. The highest BCUT2D eigenvalue weighted by molar-refractivity contribution is 8.14. The Morgan fingerprint density at radius 1 is 1.38 bits per heavy atom. The van der Waals surface area contributed by atoms with Crippen molar-refractivity contribution in [2.75, 3.05) is 0 Å². The van der Waals surface area contributed by atoms with Crippen LogP contribution in [0.3, 0.4) is 0 Å². The second-order valence-corrected chi connectivity index (χ2v) is 8.28. The lowest BCUT2D eigenvalue weighted by Gasteiger charge is -2.60. The number of nitro groups is 1. The largest absolute Gasteiger partial charge is 0.271 e. The molecule has 2 aliphatic rings. The van der Waals surface area contributed by atoms with Crippen LogP contribution < -0.4 is 0 Å². The molecule has 0 radical (unpaired) electrons. The van der Waals surface area contributed by atoms with Crippen molar-refractivity contribution in [1.82, 2.24) is 0 Å². The Balaban J connectivity index is 2.20. The molecule has 2 atom stereocenters. The molecule has 8 heteroatoms. The molecule has 1 aromatic rings. The Morgan fingerprint density at radius 2 is 2.00 bits per heavy atom. The van der Waals surface area contributed by atoms with Crippen LogP contribution in [-0.2, 0) is 5.54 Å². The van der Waals surface area contributed by atoms with Gasteiger partial charge < -0.3 is 0 Å². The van der Waals surface area contributed by atoms with E-state index in [4.69, 9.17) is 0 Å². The summed E-state index contributed by atoms with van der Waals surface area (Å²) in [6.45, 7) is 5.20. The van der Waals surface area contributed by atoms with E-state index in [0.29, 0.717) is 5.04 Å². The summed E-state index contributed by atoms with van der Waals surface area (Å²) in [5.41, 5.74) is -2.46. The van der Waals surface area contributed by atoms with Crippen LogP contribution in [0.15, 0.2) is 23.2 Å². The van der Waals surface area contributed by atoms with Crippen molar-refractivity contribution in [3.63, 3.8) is 0 Å². The first-order chi connectivity index (χ1) is 11.0. The molecule has 1 aromatic carbocycles. The fourth-order valence-corrected chi connectivity index (χ4v) is 5.42. The first-order valence-electron chi connectivity index (χ1n) is 7.56. The molecule has 0 unspecified atom stereocenters. The summed E-state index contributed by atoms with van der Waals surface area (Å²) in [6, 6.07) is 3.22. The number of halogens is 3. The monoisotopic (exact) mass is 358 g/mol. The van der Waals surface area contributed by atoms with Crippen molar-refractivity contribution >= 4 is 22.5 Å². The molecule has 0 bridgehead atoms. The van der Waals surface area contributed by atoms with E-state index in [1.807, 2.05) is 6.92 Å². The van der Waals surface area contributed by atoms with Crippen LogP contribution in [0, 0.1) is 21.3 Å². The van der Waals surface area contributed by atoms with Gasteiger partial charge in [0.1, 0.15) is 5.82 Å². The van der Waals surface area contributed by atoms with Gasteiger partial charge >= 0.3 is 0 Å². The number of nitrogens with zero attached hydrogens (tertiary/aromatic N) is 2. The van der Waals surface area contributed by atoms with Gasteiger partial charge in [-0.25, -0.2) is 13.2 Å². The van der Waals surface area contributed by atoms with Crippen molar-refractivity contribution in [2.45, 2.75) is 50.3 Å². The highest BCUT2D eigenvalue weighted by Crippen LogP contribution is 2.67. The average molecular weight is 358 g/mol. The smallest absolute Gasteiger partial charge is 0.270 e. The summed E-state index contributed by atoms with van der Waals surface area (Å²) in [6.07, 6.45) is -0.798. The van der Waals surface area contributed by atoms with Gasteiger partial charge in [0, 0.05) is 41.2 Å². The van der Waals surface area contributed by atoms with Crippen LogP contribution in [0.2, 0.25) is 0 Å². The number of rotatable bonds is 2. The normalized spacial score (nSPS) is 30.6. The van der Waals surface area contributed by atoms with Crippen LogP contribution in [0.25, 0.3) is 0 Å². The van der Waals surface area contributed by atoms with Gasteiger partial charge in [0.2, 0.25) is 5.92 Å². The third-order valence-corrected chi connectivity index (χ3v) is 6.55. The van der Waals surface area contributed by atoms with E-state index in [1.165, 1.54) is 11.8 Å². The van der Waals surface area contributed by atoms with Gasteiger partial charge in [-0.3, -0.25) is 15.1 Å². The number of aliphatic imine (C=N–C) groups is 1. The maximum Gasteiger partial charge on any atom is 0.270 e. The number of alkyl halides is 2. The summed E-state index contributed by atoms with van der Waals surface area (Å²) in [5, 5.41) is 11.5. The maximum atomic E-state index is 14.5. The lowest BCUT2D eigenvalue weighted by atomic mass is 9.52. The summed E-state index contributed by atoms with van der Waals surface area (Å²) < 4.78 is 42.0. The number of thioether (sulfide) groups is 1. The summed E-state index contributed by atoms with van der Waals surface area (Å²) in [5.74, 6) is -3.47. The van der Waals surface area contributed by atoms with Gasteiger partial charge in [0.15, 0.2) is 0 Å². The van der Waals surface area contributed by atoms with Gasteiger partial charge in [-0.1, -0.05) is 6.92 Å². The van der Waals surface area contributed by atoms with Crippen molar-refractivity contribution in [3.05, 3.63) is 39.7 Å². The Morgan fingerprint density at radius 3 is 2.54 bits per heavy atom. The number of non-ortho nitro benzene ring substituents is 1. The number of nitro benzene ring substituents is 1. The average Bonchev–Trinajstić information content (AvgIpc) is 2.42. The van der Waals surface area contributed by atoms with Crippen molar-refractivity contribution in [1.29, 1.82) is 0 Å². The van der Waals surface area contributed by atoms with Crippen LogP contribution >= 0.6 is 11.8 Å². The molecule has 130 valence electrons. The molecule has 1 spiro atoms. The summed E-state index contributed by atoms with van der Waals surface area (Å²) in [7, 11) is 0. The molecule has 3 rings (SSSR count). The minimum Gasteiger partial charge on any atom is -0.271 e. The van der Waals surface area contributed by atoms with Gasteiger partial charge in [-0.15, -0.1) is 11.8 Å². The molecule has 1 saturated carbocycles. The lowest BCUT2D eigenvalue weighted by molar-refractivity contribution is -0.385. The van der Waals surface area contributed by atoms with Crippen LogP contribution in [0.4, 0.5) is 18.9 Å². The zero-order chi connectivity index (χ0) is 17.9. The van der Waals surface area contributed by atoms with Gasteiger partial charge in [0.25, 0.3) is 5.69 Å². The van der Waals surface area contributed by atoms with Crippen molar-refractivity contribution in [2.24, 2.45) is 10.4 Å². The molecule has 1 aliphatic carbocycles. The van der Waals surface area contributed by atoms with E-state index in [2.05, 4.69) is 4.99 Å².